The maximum absolute atomic E-state index is 11.5. The molecular weight excluding hydrogens is 262 g/mol. The van der Waals surface area contributed by atoms with Crippen LogP contribution in [0.1, 0.15) is 26.7 Å². The van der Waals surface area contributed by atoms with Crippen molar-refractivity contribution in [1.29, 1.82) is 0 Å². The Morgan fingerprint density at radius 2 is 1.95 bits per heavy atom. The van der Waals surface area contributed by atoms with Crippen LogP contribution < -0.4 is 26.6 Å². The van der Waals surface area contributed by atoms with Gasteiger partial charge in [0.05, 0.1) is 13.2 Å². The van der Waals surface area contributed by atoms with Crippen molar-refractivity contribution >= 4 is 17.8 Å². The summed E-state index contributed by atoms with van der Waals surface area (Å²) in [5.74, 6) is 5.54. The molecular formula is C11H21N7O2. The van der Waals surface area contributed by atoms with E-state index in [1.54, 1.807) is 0 Å². The number of aromatic nitrogens is 3. The summed E-state index contributed by atoms with van der Waals surface area (Å²) >= 11 is 0. The smallest absolute Gasteiger partial charge is 0.323 e. The van der Waals surface area contributed by atoms with Crippen molar-refractivity contribution in [2.45, 2.75) is 26.7 Å². The Labute approximate surface area is 117 Å². The Kier molecular flexibility index (Phi) is 7.04. The van der Waals surface area contributed by atoms with Crippen molar-refractivity contribution in [3.63, 3.8) is 0 Å². The summed E-state index contributed by atoms with van der Waals surface area (Å²) in [6.45, 7) is 5.15. The van der Waals surface area contributed by atoms with E-state index in [0.717, 1.165) is 12.8 Å². The number of amides is 1. The lowest BCUT2D eigenvalue weighted by atomic mass is 10.4. The maximum atomic E-state index is 11.5. The Bertz CT molecular complexity index is 427. The molecule has 1 rings (SSSR count). The third kappa shape index (κ3) is 5.65. The zero-order valence-electron chi connectivity index (χ0n) is 11.8. The number of anilines is 2. The molecule has 0 radical (unpaired) electrons. The van der Waals surface area contributed by atoms with E-state index in [2.05, 4.69) is 31.0 Å². The van der Waals surface area contributed by atoms with E-state index < -0.39 is 0 Å². The van der Waals surface area contributed by atoms with E-state index in [1.807, 2.05) is 13.8 Å². The molecule has 0 aliphatic rings. The zero-order valence-corrected chi connectivity index (χ0v) is 11.8. The molecule has 0 saturated heterocycles. The van der Waals surface area contributed by atoms with Crippen molar-refractivity contribution in [2.24, 2.45) is 5.84 Å². The lowest BCUT2D eigenvalue weighted by Crippen LogP contribution is -2.30. The molecule has 9 nitrogen and oxygen atoms in total. The molecule has 20 heavy (non-hydrogen) atoms. The van der Waals surface area contributed by atoms with E-state index >= 15 is 0 Å². The first-order valence-electron chi connectivity index (χ1n) is 6.55. The van der Waals surface area contributed by atoms with Gasteiger partial charge in [0.2, 0.25) is 17.8 Å². The van der Waals surface area contributed by atoms with Crippen LogP contribution in [0.2, 0.25) is 0 Å². The van der Waals surface area contributed by atoms with E-state index in [9.17, 15) is 4.79 Å². The van der Waals surface area contributed by atoms with Crippen LogP contribution in [-0.4, -0.2) is 40.6 Å². The van der Waals surface area contributed by atoms with Crippen molar-refractivity contribution in [3.8, 4) is 6.01 Å². The molecule has 0 fully saturated rings. The quantitative estimate of drug-likeness (QED) is 0.365. The fourth-order valence-electron chi connectivity index (χ4n) is 1.24. The van der Waals surface area contributed by atoms with Crippen LogP contribution in [0.3, 0.4) is 0 Å². The topological polar surface area (TPSA) is 127 Å². The maximum Gasteiger partial charge on any atom is 0.323 e. The second-order valence-electron chi connectivity index (χ2n) is 3.96. The molecule has 0 aliphatic carbocycles. The standard InChI is InChI=1S/C11H21N7O2/c1-3-5-13-8(19)7-14-9-15-10(18-12)17-11(16-9)20-6-4-2/h3-7,12H2,1-2H3,(H,13,19)(H2,14,15,16,17,18). The van der Waals surface area contributed by atoms with E-state index in [4.69, 9.17) is 10.6 Å². The van der Waals surface area contributed by atoms with Gasteiger partial charge in [-0.1, -0.05) is 13.8 Å². The van der Waals surface area contributed by atoms with E-state index in [1.165, 1.54) is 0 Å². The van der Waals surface area contributed by atoms with Gasteiger partial charge in [0, 0.05) is 6.54 Å². The van der Waals surface area contributed by atoms with Gasteiger partial charge in [-0.2, -0.15) is 15.0 Å². The average Bonchev–Trinajstić information content (AvgIpc) is 2.48. The highest BCUT2D eigenvalue weighted by Gasteiger charge is 2.08. The molecule has 1 amide bonds. The average molecular weight is 283 g/mol. The molecule has 1 heterocycles. The number of hydrogen-bond donors (Lipinski definition) is 4. The molecule has 9 heteroatoms. The zero-order chi connectivity index (χ0) is 14.8. The van der Waals surface area contributed by atoms with Gasteiger partial charge in [-0.25, -0.2) is 5.84 Å². The predicted octanol–water partition coefficient (Wildman–Crippen LogP) is -0.116. The summed E-state index contributed by atoms with van der Waals surface area (Å²) in [7, 11) is 0. The minimum absolute atomic E-state index is 0.0707. The van der Waals surface area contributed by atoms with Crippen molar-refractivity contribution in [1.82, 2.24) is 20.3 Å². The van der Waals surface area contributed by atoms with Crippen LogP contribution in [0.4, 0.5) is 11.9 Å². The van der Waals surface area contributed by atoms with Crippen LogP contribution in [0.15, 0.2) is 0 Å². The second kappa shape index (κ2) is 8.86. The van der Waals surface area contributed by atoms with Crippen LogP contribution in [0.5, 0.6) is 6.01 Å². The van der Waals surface area contributed by atoms with Gasteiger partial charge >= 0.3 is 6.01 Å². The van der Waals surface area contributed by atoms with Gasteiger partial charge in [0.1, 0.15) is 0 Å². The van der Waals surface area contributed by atoms with E-state index in [0.29, 0.717) is 13.2 Å². The third-order valence-corrected chi connectivity index (χ3v) is 2.16. The molecule has 112 valence electrons. The molecule has 0 unspecified atom stereocenters. The summed E-state index contributed by atoms with van der Waals surface area (Å²) in [5, 5.41) is 5.53. The molecule has 0 aromatic carbocycles. The minimum atomic E-state index is -0.134. The molecule has 0 saturated carbocycles. The number of ether oxygens (including phenoxy) is 1. The first-order chi connectivity index (χ1) is 9.69. The second-order valence-corrected chi connectivity index (χ2v) is 3.96. The minimum Gasteiger partial charge on any atom is -0.463 e. The van der Waals surface area contributed by atoms with Crippen LogP contribution in [-0.2, 0) is 4.79 Å². The van der Waals surface area contributed by atoms with Crippen LogP contribution >= 0.6 is 0 Å². The summed E-state index contributed by atoms with van der Waals surface area (Å²) < 4.78 is 5.31. The summed E-state index contributed by atoms with van der Waals surface area (Å²) in [6, 6.07) is 0.159. The normalized spacial score (nSPS) is 9.95. The molecule has 1 aromatic rings. The fraction of sp³-hybridized carbons (Fsp3) is 0.636. The number of nitrogens with zero attached hydrogens (tertiary/aromatic N) is 3. The van der Waals surface area contributed by atoms with Crippen molar-refractivity contribution < 1.29 is 9.53 Å². The van der Waals surface area contributed by atoms with Gasteiger partial charge in [-0.05, 0) is 12.8 Å². The summed E-state index contributed by atoms with van der Waals surface area (Å²) in [5.41, 5.74) is 2.32. The number of rotatable bonds is 9. The number of hydrazine groups is 1. The Balaban J connectivity index is 2.61. The number of nitrogen functional groups attached to an aromatic ring is 1. The predicted molar refractivity (Wildman–Crippen MR) is 75.2 cm³/mol. The number of carbonyl (C=O) groups excluding carboxylic acids is 1. The van der Waals surface area contributed by atoms with E-state index in [-0.39, 0.29) is 30.4 Å². The SMILES string of the molecule is CCCNC(=O)CNc1nc(NN)nc(OCCC)n1. The van der Waals surface area contributed by atoms with Crippen molar-refractivity contribution in [2.75, 3.05) is 30.4 Å². The highest BCUT2D eigenvalue weighted by molar-refractivity contribution is 5.80. The van der Waals surface area contributed by atoms with Gasteiger partial charge in [-0.3, -0.25) is 10.2 Å². The molecule has 0 aliphatic heterocycles. The Hall–Kier alpha value is -2.16. The first-order valence-corrected chi connectivity index (χ1v) is 6.55. The molecule has 5 N–H and O–H groups in total. The van der Waals surface area contributed by atoms with Crippen molar-refractivity contribution in [3.05, 3.63) is 0 Å². The van der Waals surface area contributed by atoms with Gasteiger partial charge in [-0.15, -0.1) is 0 Å². The van der Waals surface area contributed by atoms with Crippen LogP contribution in [0, 0.1) is 0 Å². The van der Waals surface area contributed by atoms with Gasteiger partial charge in [0.25, 0.3) is 0 Å². The lowest BCUT2D eigenvalue weighted by Gasteiger charge is -2.09. The Morgan fingerprint density at radius 1 is 1.20 bits per heavy atom. The van der Waals surface area contributed by atoms with Crippen LogP contribution in [0.25, 0.3) is 0 Å². The highest BCUT2D eigenvalue weighted by atomic mass is 16.5. The largest absolute Gasteiger partial charge is 0.463 e. The molecule has 0 spiro atoms. The number of hydrogen-bond acceptors (Lipinski definition) is 8. The Morgan fingerprint density at radius 3 is 2.60 bits per heavy atom. The number of nitrogens with two attached hydrogens (primary N) is 1. The molecule has 1 aromatic heterocycles. The number of nitrogens with one attached hydrogen (secondary N) is 3. The molecule has 0 bridgehead atoms. The molecule has 0 atom stereocenters. The summed E-state index contributed by atoms with van der Waals surface area (Å²) in [6.07, 6.45) is 1.72. The lowest BCUT2D eigenvalue weighted by molar-refractivity contribution is -0.119. The highest BCUT2D eigenvalue weighted by Crippen LogP contribution is 2.10. The van der Waals surface area contributed by atoms with Gasteiger partial charge < -0.3 is 15.4 Å². The first kappa shape index (κ1) is 15.9. The number of carbonyl (C=O) groups is 1. The monoisotopic (exact) mass is 283 g/mol. The van der Waals surface area contributed by atoms with Gasteiger partial charge in [0.15, 0.2) is 0 Å². The third-order valence-electron chi connectivity index (χ3n) is 2.16. The summed E-state index contributed by atoms with van der Waals surface area (Å²) in [4.78, 5) is 23.4. The fourth-order valence-corrected chi connectivity index (χ4v) is 1.24.